The summed E-state index contributed by atoms with van der Waals surface area (Å²) in [6, 6.07) is 0. The molecule has 0 spiro atoms. The molecule has 0 unspecified atom stereocenters. The zero-order chi connectivity index (χ0) is 7.82. The van der Waals surface area contributed by atoms with E-state index in [2.05, 4.69) is 11.7 Å². The summed E-state index contributed by atoms with van der Waals surface area (Å²) in [4.78, 5) is 9.70. The van der Waals surface area contributed by atoms with Gasteiger partial charge in [0.15, 0.2) is 0 Å². The number of carboxylic acid groups (broad SMARTS) is 1. The molecule has 0 aromatic heterocycles. The van der Waals surface area contributed by atoms with E-state index < -0.39 is 6.16 Å². The normalized spacial score (nSPS) is 8.45. The van der Waals surface area contributed by atoms with Crippen LogP contribution >= 0.6 is 0 Å². The molecule has 0 aliphatic rings. The van der Waals surface area contributed by atoms with Crippen LogP contribution in [0.3, 0.4) is 0 Å². The summed E-state index contributed by atoms with van der Waals surface area (Å²) in [6.07, 6.45) is 2.70. The molecule has 0 saturated carbocycles. The van der Waals surface area contributed by atoms with E-state index in [1.165, 1.54) is 0 Å². The van der Waals surface area contributed by atoms with Gasteiger partial charge in [0.1, 0.15) is 0 Å². The van der Waals surface area contributed by atoms with Crippen LogP contribution in [0.25, 0.3) is 0 Å². The smallest absolute Gasteiger partial charge is 0.550 e. The zero-order valence-corrected chi connectivity index (χ0v) is 7.26. The first-order valence-electron chi connectivity index (χ1n) is 3.61. The van der Waals surface area contributed by atoms with Gasteiger partial charge in [0.2, 0.25) is 0 Å². The van der Waals surface area contributed by atoms with Gasteiger partial charge in [-0.15, -0.1) is 0 Å². The first-order chi connectivity index (χ1) is 4.77. The zero-order valence-electron chi connectivity index (χ0n) is 7.26. The van der Waals surface area contributed by atoms with Crippen molar-refractivity contribution in [2.75, 3.05) is 6.61 Å². The first kappa shape index (κ1) is 13.5. The number of unbranched alkanes of at least 4 members (excludes halogenated alkanes) is 3. The van der Waals surface area contributed by atoms with Crippen molar-refractivity contribution in [2.45, 2.75) is 32.6 Å². The van der Waals surface area contributed by atoms with Gasteiger partial charge in [-0.25, -0.2) is 0 Å². The van der Waals surface area contributed by atoms with Gasteiger partial charge >= 0.3 is 18.9 Å². The van der Waals surface area contributed by atoms with Crippen molar-refractivity contribution in [3.05, 3.63) is 0 Å². The molecule has 0 rings (SSSR count). The fourth-order valence-electron chi connectivity index (χ4n) is 0.684. The van der Waals surface area contributed by atoms with E-state index in [-0.39, 0.29) is 25.5 Å². The molecule has 0 amide bonds. The van der Waals surface area contributed by atoms with Crippen LogP contribution in [0.1, 0.15) is 32.6 Å². The van der Waals surface area contributed by atoms with Crippen molar-refractivity contribution in [3.8, 4) is 0 Å². The molecule has 4 heteroatoms. The average Bonchev–Trinajstić information content (AvgIpc) is 1.87. The Morgan fingerprint density at radius 3 is 2.45 bits per heavy atom. The maximum atomic E-state index is 9.70. The number of hydrogen-bond acceptors (Lipinski definition) is 3. The summed E-state index contributed by atoms with van der Waals surface area (Å²) in [5.74, 6) is 0. The Morgan fingerprint density at radius 2 is 2.00 bits per heavy atom. The van der Waals surface area contributed by atoms with Gasteiger partial charge in [0.05, 0.1) is 0 Å². The van der Waals surface area contributed by atoms with Crippen molar-refractivity contribution in [1.82, 2.24) is 0 Å². The van der Waals surface area contributed by atoms with E-state index in [0.717, 1.165) is 25.7 Å². The standard InChI is InChI=1S/C7H14O3.Li/c1-2-3-4-5-6-10-7(8)9;/h2-6H2,1H3,(H,8,9);/q;+1/p-1. The van der Waals surface area contributed by atoms with Crippen LogP contribution in [0.5, 0.6) is 0 Å². The molecule has 0 N–H and O–H groups in total. The molecule has 0 saturated heterocycles. The maximum absolute atomic E-state index is 9.70. The molecule has 0 atom stereocenters. The second-order valence-corrected chi connectivity index (χ2v) is 2.16. The molecule has 0 heterocycles. The summed E-state index contributed by atoms with van der Waals surface area (Å²) in [6.45, 7) is 2.38. The van der Waals surface area contributed by atoms with Crippen LogP contribution in [0.4, 0.5) is 4.79 Å². The summed E-state index contributed by atoms with van der Waals surface area (Å²) in [7, 11) is 0. The first-order valence-corrected chi connectivity index (χ1v) is 3.61. The van der Waals surface area contributed by atoms with E-state index in [4.69, 9.17) is 0 Å². The Morgan fingerprint density at radius 1 is 1.36 bits per heavy atom. The monoisotopic (exact) mass is 152 g/mol. The summed E-state index contributed by atoms with van der Waals surface area (Å²) in [5.41, 5.74) is 0. The van der Waals surface area contributed by atoms with E-state index in [9.17, 15) is 9.90 Å². The van der Waals surface area contributed by atoms with Gasteiger partial charge in [0.25, 0.3) is 6.16 Å². The second kappa shape index (κ2) is 9.87. The third-order valence-corrected chi connectivity index (χ3v) is 1.22. The van der Waals surface area contributed by atoms with Crippen LogP contribution in [0.2, 0.25) is 0 Å². The molecule has 0 radical (unpaired) electrons. The molecule has 0 aliphatic heterocycles. The van der Waals surface area contributed by atoms with Crippen molar-refractivity contribution in [2.24, 2.45) is 0 Å². The van der Waals surface area contributed by atoms with Gasteiger partial charge in [-0.05, 0) is 6.42 Å². The quantitative estimate of drug-likeness (QED) is 0.258. The minimum Gasteiger partial charge on any atom is -0.550 e. The maximum Gasteiger partial charge on any atom is 1.00 e. The Hall–Kier alpha value is -0.133. The van der Waals surface area contributed by atoms with Crippen LogP contribution < -0.4 is 24.0 Å². The van der Waals surface area contributed by atoms with Gasteiger partial charge in [-0.2, -0.15) is 0 Å². The summed E-state index contributed by atoms with van der Waals surface area (Å²) in [5, 5.41) is 9.70. The SMILES string of the molecule is CCCCCCOC(=O)[O-].[Li+]. The Labute approximate surface area is 79.3 Å². The summed E-state index contributed by atoms with van der Waals surface area (Å²) < 4.78 is 4.19. The van der Waals surface area contributed by atoms with Crippen LogP contribution in [0, 0.1) is 0 Å². The fraction of sp³-hybridized carbons (Fsp3) is 0.857. The molecule has 60 valence electrons. The molecular weight excluding hydrogens is 139 g/mol. The molecule has 3 nitrogen and oxygen atoms in total. The number of ether oxygens (including phenoxy) is 1. The average molecular weight is 152 g/mol. The van der Waals surface area contributed by atoms with Crippen LogP contribution in [-0.4, -0.2) is 12.8 Å². The minimum atomic E-state index is -1.42. The molecular formula is C7H13LiO3. The van der Waals surface area contributed by atoms with Crippen molar-refractivity contribution in [3.63, 3.8) is 0 Å². The van der Waals surface area contributed by atoms with E-state index in [1.54, 1.807) is 0 Å². The van der Waals surface area contributed by atoms with Gasteiger partial charge in [-0.1, -0.05) is 26.2 Å². The third-order valence-electron chi connectivity index (χ3n) is 1.22. The van der Waals surface area contributed by atoms with Gasteiger partial charge in [-0.3, -0.25) is 0 Å². The van der Waals surface area contributed by atoms with E-state index in [0.29, 0.717) is 0 Å². The molecule has 0 fully saturated rings. The Bertz CT molecular complexity index is 95.7. The molecule has 0 aliphatic carbocycles. The number of carbonyl (C=O) groups is 1. The van der Waals surface area contributed by atoms with Crippen LogP contribution in [0.15, 0.2) is 0 Å². The molecule has 11 heavy (non-hydrogen) atoms. The molecule has 0 bridgehead atoms. The molecule has 0 aromatic rings. The number of hydrogen-bond donors (Lipinski definition) is 0. The van der Waals surface area contributed by atoms with Gasteiger partial charge < -0.3 is 14.6 Å². The summed E-state index contributed by atoms with van der Waals surface area (Å²) >= 11 is 0. The van der Waals surface area contributed by atoms with E-state index in [1.807, 2.05) is 0 Å². The van der Waals surface area contributed by atoms with Crippen molar-refractivity contribution >= 4 is 6.16 Å². The Balaban J connectivity index is 0. The molecule has 0 aromatic carbocycles. The number of rotatable bonds is 5. The predicted octanol–water partition coefficient (Wildman–Crippen LogP) is -2.07. The van der Waals surface area contributed by atoms with E-state index >= 15 is 0 Å². The van der Waals surface area contributed by atoms with Crippen molar-refractivity contribution < 1.29 is 33.5 Å². The topological polar surface area (TPSA) is 49.4 Å². The minimum absolute atomic E-state index is 0. The number of carbonyl (C=O) groups excluding carboxylic acids is 1. The largest absolute Gasteiger partial charge is 1.00 e. The fourth-order valence-corrected chi connectivity index (χ4v) is 0.684. The van der Waals surface area contributed by atoms with Gasteiger partial charge in [0, 0.05) is 6.61 Å². The third kappa shape index (κ3) is 13.0. The Kier molecular flexibility index (Phi) is 12.1. The second-order valence-electron chi connectivity index (χ2n) is 2.16. The van der Waals surface area contributed by atoms with Crippen LogP contribution in [-0.2, 0) is 4.74 Å². The van der Waals surface area contributed by atoms with Crippen molar-refractivity contribution in [1.29, 1.82) is 0 Å². The predicted molar refractivity (Wildman–Crippen MR) is 35.5 cm³/mol.